The van der Waals surface area contributed by atoms with Crippen molar-refractivity contribution in [1.82, 2.24) is 0 Å². The molecule has 0 bridgehead atoms. The highest BCUT2D eigenvalue weighted by molar-refractivity contribution is 14.1. The van der Waals surface area contributed by atoms with Crippen molar-refractivity contribution in [3.8, 4) is 5.75 Å². The number of carbonyl (C=O) groups is 1. The molecule has 3 N–H and O–H groups in total. The van der Waals surface area contributed by atoms with Crippen LogP contribution in [0.3, 0.4) is 0 Å². The minimum atomic E-state index is -4.59. The van der Waals surface area contributed by atoms with Crippen molar-refractivity contribution < 1.29 is 33.3 Å². The molecule has 2 aromatic carbocycles. The molecule has 9 heteroatoms. The molecule has 1 heterocycles. The fraction of sp³-hybridized carbons (Fsp3) is 0.118. The minimum Gasteiger partial charge on any atom is -0.506 e. The van der Waals surface area contributed by atoms with E-state index in [-0.39, 0.29) is 18.5 Å². The van der Waals surface area contributed by atoms with Crippen LogP contribution in [-0.4, -0.2) is 27.2 Å². The number of para-hydroxylation sites is 1. The summed E-state index contributed by atoms with van der Waals surface area (Å²) in [5.74, 6) is -7.85. The molecule has 1 atom stereocenters. The van der Waals surface area contributed by atoms with E-state index in [1.807, 2.05) is 0 Å². The third-order valence-corrected chi connectivity index (χ3v) is 5.58. The van der Waals surface area contributed by atoms with Crippen LogP contribution in [0.5, 0.6) is 5.75 Å². The molecule has 0 amide bonds. The monoisotopic (exact) mass is 586 g/mol. The molecule has 0 aliphatic heterocycles. The molecule has 3 rings (SSSR count). The number of carboxylic acid groups (broad SMARTS) is 1. The summed E-state index contributed by atoms with van der Waals surface area (Å²) in [5.41, 5.74) is -3.45. The number of aliphatic hydroxyl groups is 1. The summed E-state index contributed by atoms with van der Waals surface area (Å²) in [6, 6.07) is 9.76. The highest BCUT2D eigenvalue weighted by Crippen LogP contribution is 2.46. The third kappa shape index (κ3) is 2.85. The van der Waals surface area contributed by atoms with Crippen LogP contribution < -0.4 is 0 Å². The molecule has 0 saturated carbocycles. The number of furan rings is 1. The molecule has 0 spiro atoms. The molecular formula is C17H10F2I2O5. The van der Waals surface area contributed by atoms with Gasteiger partial charge in [0.05, 0.1) is 7.14 Å². The zero-order valence-corrected chi connectivity index (χ0v) is 17.0. The Labute approximate surface area is 172 Å². The van der Waals surface area contributed by atoms with E-state index in [0.717, 1.165) is 12.1 Å². The zero-order chi connectivity index (χ0) is 19.3. The summed E-state index contributed by atoms with van der Waals surface area (Å²) >= 11 is 3.41. The van der Waals surface area contributed by atoms with Gasteiger partial charge in [0.2, 0.25) is 5.60 Å². The average molecular weight is 586 g/mol. The number of hydrogen-bond acceptors (Lipinski definition) is 4. The molecule has 136 valence electrons. The zero-order valence-electron chi connectivity index (χ0n) is 12.7. The molecule has 1 aromatic heterocycles. The second-order valence-electron chi connectivity index (χ2n) is 5.53. The Morgan fingerprint density at radius 3 is 2.19 bits per heavy atom. The summed E-state index contributed by atoms with van der Waals surface area (Å²) < 4.78 is 35.1. The number of rotatable bonds is 4. The molecule has 0 fully saturated rings. The van der Waals surface area contributed by atoms with Gasteiger partial charge in [0.25, 0.3) is 0 Å². The summed E-state index contributed by atoms with van der Waals surface area (Å²) in [4.78, 5) is 11.3. The Bertz CT molecular complexity index is 961. The van der Waals surface area contributed by atoms with Gasteiger partial charge in [0.15, 0.2) is 0 Å². The van der Waals surface area contributed by atoms with E-state index in [2.05, 4.69) is 0 Å². The first-order chi connectivity index (χ1) is 12.1. The van der Waals surface area contributed by atoms with Crippen LogP contribution in [0.2, 0.25) is 0 Å². The second kappa shape index (κ2) is 6.60. The van der Waals surface area contributed by atoms with Crippen LogP contribution in [0.1, 0.15) is 11.3 Å². The molecule has 3 aromatic rings. The Kier molecular flexibility index (Phi) is 4.90. The first kappa shape index (κ1) is 19.3. The predicted octanol–water partition coefficient (Wildman–Crippen LogP) is 4.30. The minimum absolute atomic E-state index is 0.152. The maximum Gasteiger partial charge on any atom is 0.381 e. The Balaban J connectivity index is 2.35. The first-order valence-electron chi connectivity index (χ1n) is 7.10. The normalized spacial score (nSPS) is 14.3. The highest BCUT2D eigenvalue weighted by atomic mass is 127. The number of hydrogen-bond donors (Lipinski definition) is 3. The molecular weight excluding hydrogens is 576 g/mol. The van der Waals surface area contributed by atoms with Crippen LogP contribution >= 0.6 is 45.2 Å². The van der Waals surface area contributed by atoms with E-state index in [0.29, 0.717) is 5.39 Å². The number of alkyl halides is 2. The van der Waals surface area contributed by atoms with Crippen LogP contribution in [0.4, 0.5) is 8.78 Å². The Morgan fingerprint density at radius 2 is 1.65 bits per heavy atom. The van der Waals surface area contributed by atoms with Gasteiger partial charge in [0, 0.05) is 10.9 Å². The van der Waals surface area contributed by atoms with E-state index in [4.69, 9.17) is 9.52 Å². The van der Waals surface area contributed by atoms with Gasteiger partial charge in [-0.3, -0.25) is 0 Å². The molecule has 5 nitrogen and oxygen atoms in total. The van der Waals surface area contributed by atoms with Gasteiger partial charge < -0.3 is 19.7 Å². The molecule has 0 saturated heterocycles. The molecule has 26 heavy (non-hydrogen) atoms. The van der Waals surface area contributed by atoms with Crippen LogP contribution in [0, 0.1) is 7.14 Å². The highest BCUT2D eigenvalue weighted by Gasteiger charge is 2.63. The van der Waals surface area contributed by atoms with Crippen molar-refractivity contribution >= 4 is 62.1 Å². The lowest BCUT2D eigenvalue weighted by Gasteiger charge is -2.32. The Morgan fingerprint density at radius 1 is 1.08 bits per heavy atom. The first-order valence-corrected chi connectivity index (χ1v) is 9.26. The van der Waals surface area contributed by atoms with Crippen LogP contribution in [0.15, 0.2) is 46.9 Å². The van der Waals surface area contributed by atoms with Gasteiger partial charge in [-0.25, -0.2) is 4.79 Å². The maximum absolute atomic E-state index is 14.7. The number of fused-ring (bicyclic) bond motifs is 1. The number of halogens is 4. The maximum atomic E-state index is 14.7. The lowest BCUT2D eigenvalue weighted by molar-refractivity contribution is -0.204. The van der Waals surface area contributed by atoms with Gasteiger partial charge in [-0.15, -0.1) is 0 Å². The molecule has 0 aliphatic rings. The number of carboxylic acids is 1. The standard InChI is InChI=1S/C17H10F2I2O5/c18-17(19,15(23)24)16(25,9-6-10(20)14(22)11(21)7-9)13-5-8-3-1-2-4-12(8)26-13/h1-7,22,25H,(H,23,24). The Hall–Kier alpha value is -1.47. The van der Waals surface area contributed by atoms with Gasteiger partial charge in [-0.1, -0.05) is 18.2 Å². The summed E-state index contributed by atoms with van der Waals surface area (Å²) in [7, 11) is 0. The van der Waals surface area contributed by atoms with E-state index in [1.165, 1.54) is 12.1 Å². The number of benzene rings is 2. The number of phenolic OH excluding ortho intramolecular Hbond substituents is 1. The fourth-order valence-electron chi connectivity index (χ4n) is 2.57. The number of aliphatic carboxylic acids is 1. The largest absolute Gasteiger partial charge is 0.506 e. The molecule has 1 unspecified atom stereocenters. The van der Waals surface area contributed by atoms with Gasteiger partial charge >= 0.3 is 11.9 Å². The predicted molar refractivity (Wildman–Crippen MR) is 105 cm³/mol. The summed E-state index contributed by atoms with van der Waals surface area (Å²) in [5, 5.41) is 30.3. The van der Waals surface area contributed by atoms with Crippen molar-refractivity contribution in [1.29, 1.82) is 0 Å². The van der Waals surface area contributed by atoms with E-state index < -0.39 is 28.8 Å². The van der Waals surface area contributed by atoms with Crippen molar-refractivity contribution in [2.24, 2.45) is 0 Å². The second-order valence-corrected chi connectivity index (χ2v) is 7.85. The van der Waals surface area contributed by atoms with Crippen molar-refractivity contribution in [2.75, 3.05) is 0 Å². The molecule has 0 radical (unpaired) electrons. The number of phenols is 1. The SMILES string of the molecule is O=C(O)C(F)(F)C(O)(c1cc(I)c(O)c(I)c1)c1cc2ccccc2o1. The van der Waals surface area contributed by atoms with E-state index in [1.54, 1.807) is 63.4 Å². The lowest BCUT2D eigenvalue weighted by atomic mass is 9.84. The fourth-order valence-corrected chi connectivity index (χ4v) is 4.34. The van der Waals surface area contributed by atoms with Crippen molar-refractivity contribution in [2.45, 2.75) is 11.5 Å². The van der Waals surface area contributed by atoms with Crippen LogP contribution in [0.25, 0.3) is 11.0 Å². The third-order valence-electron chi connectivity index (χ3n) is 3.94. The van der Waals surface area contributed by atoms with Crippen LogP contribution in [-0.2, 0) is 10.4 Å². The van der Waals surface area contributed by atoms with Gasteiger partial charge in [-0.2, -0.15) is 8.78 Å². The topological polar surface area (TPSA) is 90.9 Å². The summed E-state index contributed by atoms with van der Waals surface area (Å²) in [6.45, 7) is 0. The number of aromatic hydroxyl groups is 1. The average Bonchev–Trinajstić information content (AvgIpc) is 3.02. The van der Waals surface area contributed by atoms with Gasteiger partial charge in [-0.05, 0) is 69.4 Å². The molecule has 0 aliphatic carbocycles. The summed E-state index contributed by atoms with van der Waals surface area (Å²) in [6.07, 6.45) is 0. The lowest BCUT2D eigenvalue weighted by Crippen LogP contribution is -2.51. The van der Waals surface area contributed by atoms with E-state index >= 15 is 0 Å². The van der Waals surface area contributed by atoms with Crippen molar-refractivity contribution in [3.05, 3.63) is 60.9 Å². The van der Waals surface area contributed by atoms with E-state index in [9.17, 15) is 23.8 Å². The van der Waals surface area contributed by atoms with Gasteiger partial charge in [0.1, 0.15) is 17.1 Å². The van der Waals surface area contributed by atoms with Crippen molar-refractivity contribution in [3.63, 3.8) is 0 Å². The quantitative estimate of drug-likeness (QED) is 0.397. The smallest absolute Gasteiger partial charge is 0.381 e.